The van der Waals surface area contributed by atoms with Crippen molar-refractivity contribution in [1.29, 1.82) is 0 Å². The second-order valence-electron chi connectivity index (χ2n) is 4.48. The Hall–Kier alpha value is -3.33. The number of benzene rings is 2. The van der Waals surface area contributed by atoms with Gasteiger partial charge in [0.05, 0.1) is 11.5 Å². The van der Waals surface area contributed by atoms with E-state index in [1.165, 1.54) is 12.1 Å². The standard InChI is InChI=1S/C17H14N2O4/c1-2-23-17(20)18-15-9-5-13(6-10-15)3-4-14-7-11-16(12-8-14)19(21)22/h5-12H,2H2,1H3,(H,18,20). The van der Waals surface area contributed by atoms with Crippen LogP contribution in [0.15, 0.2) is 48.5 Å². The lowest BCUT2D eigenvalue weighted by Crippen LogP contribution is -2.13. The van der Waals surface area contributed by atoms with Crippen molar-refractivity contribution in [3.63, 3.8) is 0 Å². The van der Waals surface area contributed by atoms with Crippen molar-refractivity contribution in [2.45, 2.75) is 6.92 Å². The number of nitro benzene ring substituents is 1. The molecule has 1 N–H and O–H groups in total. The molecule has 0 heterocycles. The summed E-state index contributed by atoms with van der Waals surface area (Å²) in [5.41, 5.74) is 2.09. The van der Waals surface area contributed by atoms with Crippen molar-refractivity contribution < 1.29 is 14.5 Å². The third kappa shape index (κ3) is 4.86. The van der Waals surface area contributed by atoms with Crippen LogP contribution in [0.2, 0.25) is 0 Å². The topological polar surface area (TPSA) is 81.5 Å². The second kappa shape index (κ2) is 7.61. The summed E-state index contributed by atoms with van der Waals surface area (Å²) in [7, 11) is 0. The number of hydrogen-bond donors (Lipinski definition) is 1. The maximum absolute atomic E-state index is 11.3. The highest BCUT2D eigenvalue weighted by Crippen LogP contribution is 2.12. The molecule has 0 unspecified atom stereocenters. The van der Waals surface area contributed by atoms with Gasteiger partial charge < -0.3 is 4.74 Å². The van der Waals surface area contributed by atoms with Crippen LogP contribution in [0.5, 0.6) is 0 Å². The molecule has 1 amide bonds. The third-order valence-electron chi connectivity index (χ3n) is 2.84. The van der Waals surface area contributed by atoms with Gasteiger partial charge in [0.2, 0.25) is 0 Å². The van der Waals surface area contributed by atoms with E-state index in [2.05, 4.69) is 17.2 Å². The lowest BCUT2D eigenvalue weighted by atomic mass is 10.1. The fourth-order valence-corrected chi connectivity index (χ4v) is 1.73. The van der Waals surface area contributed by atoms with Gasteiger partial charge in [0, 0.05) is 28.9 Å². The summed E-state index contributed by atoms with van der Waals surface area (Å²) in [6.45, 7) is 2.04. The zero-order valence-electron chi connectivity index (χ0n) is 12.4. The van der Waals surface area contributed by atoms with Crippen LogP contribution in [-0.2, 0) is 4.74 Å². The first kappa shape index (κ1) is 16.0. The van der Waals surface area contributed by atoms with Gasteiger partial charge in [-0.15, -0.1) is 0 Å². The predicted molar refractivity (Wildman–Crippen MR) is 86.2 cm³/mol. The highest BCUT2D eigenvalue weighted by molar-refractivity contribution is 5.84. The smallest absolute Gasteiger partial charge is 0.411 e. The zero-order chi connectivity index (χ0) is 16.7. The van der Waals surface area contributed by atoms with Crippen LogP contribution in [-0.4, -0.2) is 17.6 Å². The van der Waals surface area contributed by atoms with Crippen molar-refractivity contribution in [2.24, 2.45) is 0 Å². The third-order valence-corrected chi connectivity index (χ3v) is 2.84. The van der Waals surface area contributed by atoms with E-state index in [9.17, 15) is 14.9 Å². The minimum absolute atomic E-state index is 0.0324. The monoisotopic (exact) mass is 310 g/mol. The number of carbonyl (C=O) groups excluding carboxylic acids is 1. The molecule has 0 bridgehead atoms. The minimum Gasteiger partial charge on any atom is -0.450 e. The van der Waals surface area contributed by atoms with Crippen LogP contribution in [0.4, 0.5) is 16.2 Å². The summed E-state index contributed by atoms with van der Waals surface area (Å²) < 4.78 is 4.78. The Kier molecular flexibility index (Phi) is 5.31. The van der Waals surface area contributed by atoms with E-state index < -0.39 is 11.0 Å². The Morgan fingerprint density at radius 1 is 1.09 bits per heavy atom. The maximum Gasteiger partial charge on any atom is 0.411 e. The van der Waals surface area contributed by atoms with Crippen molar-refractivity contribution in [3.8, 4) is 11.8 Å². The SMILES string of the molecule is CCOC(=O)Nc1ccc(C#Cc2ccc([N+](=O)[O-])cc2)cc1. The number of rotatable bonds is 3. The highest BCUT2D eigenvalue weighted by Gasteiger charge is 2.02. The predicted octanol–water partition coefficient (Wildman–Crippen LogP) is 3.56. The fourth-order valence-electron chi connectivity index (χ4n) is 1.73. The molecule has 0 aromatic heterocycles. The Labute approximate surface area is 133 Å². The summed E-state index contributed by atoms with van der Waals surface area (Å²) >= 11 is 0. The summed E-state index contributed by atoms with van der Waals surface area (Å²) in [6, 6.07) is 13.0. The molecule has 0 aliphatic rings. The first-order valence-corrected chi connectivity index (χ1v) is 6.89. The van der Waals surface area contributed by atoms with Gasteiger partial charge in [0.25, 0.3) is 5.69 Å². The van der Waals surface area contributed by atoms with E-state index in [1.807, 2.05) is 0 Å². The van der Waals surface area contributed by atoms with E-state index in [0.717, 1.165) is 5.56 Å². The summed E-state index contributed by atoms with van der Waals surface area (Å²) in [4.78, 5) is 21.4. The molecule has 0 fully saturated rings. The molecule has 0 spiro atoms. The van der Waals surface area contributed by atoms with Crippen molar-refractivity contribution in [1.82, 2.24) is 0 Å². The molecule has 0 saturated heterocycles. The normalized spacial score (nSPS) is 9.43. The molecule has 6 heteroatoms. The molecule has 0 saturated carbocycles. The van der Waals surface area contributed by atoms with Gasteiger partial charge in [-0.1, -0.05) is 11.8 Å². The summed E-state index contributed by atoms with van der Waals surface area (Å²) in [5, 5.41) is 13.2. The molecule has 23 heavy (non-hydrogen) atoms. The number of amides is 1. The molecule has 0 aliphatic heterocycles. The summed E-state index contributed by atoms with van der Waals surface area (Å²) in [5.74, 6) is 5.87. The Balaban J connectivity index is 2.03. The van der Waals surface area contributed by atoms with Gasteiger partial charge >= 0.3 is 6.09 Å². The van der Waals surface area contributed by atoms with Crippen LogP contribution in [0.25, 0.3) is 0 Å². The van der Waals surface area contributed by atoms with Gasteiger partial charge in [-0.25, -0.2) is 4.79 Å². The van der Waals surface area contributed by atoms with Crippen LogP contribution in [0.3, 0.4) is 0 Å². The molecule has 0 radical (unpaired) electrons. The quantitative estimate of drug-likeness (QED) is 0.534. The Morgan fingerprint density at radius 3 is 2.09 bits per heavy atom. The van der Waals surface area contributed by atoms with Crippen LogP contribution < -0.4 is 5.32 Å². The molecular weight excluding hydrogens is 296 g/mol. The first-order chi connectivity index (χ1) is 11.1. The average Bonchev–Trinajstić information content (AvgIpc) is 2.55. The molecule has 0 atom stereocenters. The lowest BCUT2D eigenvalue weighted by Gasteiger charge is -2.04. The van der Waals surface area contributed by atoms with Crippen molar-refractivity contribution in [3.05, 3.63) is 69.8 Å². The number of nitrogens with one attached hydrogen (secondary N) is 1. The first-order valence-electron chi connectivity index (χ1n) is 6.89. The Morgan fingerprint density at radius 2 is 1.61 bits per heavy atom. The van der Waals surface area contributed by atoms with Crippen LogP contribution >= 0.6 is 0 Å². The molecule has 2 aromatic rings. The maximum atomic E-state index is 11.3. The number of nitrogens with zero attached hydrogens (tertiary/aromatic N) is 1. The number of nitro groups is 1. The molecule has 2 rings (SSSR count). The second-order valence-corrected chi connectivity index (χ2v) is 4.48. The van der Waals surface area contributed by atoms with Gasteiger partial charge in [-0.05, 0) is 43.3 Å². The van der Waals surface area contributed by atoms with E-state index in [1.54, 1.807) is 43.3 Å². The average molecular weight is 310 g/mol. The minimum atomic E-state index is -0.503. The highest BCUT2D eigenvalue weighted by atomic mass is 16.6. The van der Waals surface area contributed by atoms with E-state index in [0.29, 0.717) is 17.9 Å². The molecule has 6 nitrogen and oxygen atoms in total. The Bertz CT molecular complexity index is 756. The largest absolute Gasteiger partial charge is 0.450 e. The molecule has 0 aliphatic carbocycles. The number of carbonyl (C=O) groups is 1. The van der Waals surface area contributed by atoms with Gasteiger partial charge in [-0.3, -0.25) is 15.4 Å². The van der Waals surface area contributed by atoms with E-state index in [4.69, 9.17) is 4.74 Å². The van der Waals surface area contributed by atoms with Gasteiger partial charge in [0.1, 0.15) is 0 Å². The number of ether oxygens (including phenoxy) is 1. The van der Waals surface area contributed by atoms with Gasteiger partial charge in [-0.2, -0.15) is 0 Å². The van der Waals surface area contributed by atoms with Gasteiger partial charge in [0.15, 0.2) is 0 Å². The molecule has 116 valence electrons. The molecule has 2 aromatic carbocycles. The van der Waals surface area contributed by atoms with Crippen molar-refractivity contribution >= 4 is 17.5 Å². The van der Waals surface area contributed by atoms with Crippen LogP contribution in [0.1, 0.15) is 18.1 Å². The number of non-ortho nitro benzene ring substituents is 1. The number of hydrogen-bond acceptors (Lipinski definition) is 4. The lowest BCUT2D eigenvalue weighted by molar-refractivity contribution is -0.384. The van der Waals surface area contributed by atoms with Crippen molar-refractivity contribution in [2.75, 3.05) is 11.9 Å². The summed E-state index contributed by atoms with van der Waals surface area (Å²) in [6.07, 6.45) is -0.503. The van der Waals surface area contributed by atoms with E-state index >= 15 is 0 Å². The zero-order valence-corrected chi connectivity index (χ0v) is 12.4. The fraction of sp³-hybridized carbons (Fsp3) is 0.118. The molecular formula is C17H14N2O4. The van der Waals surface area contributed by atoms with E-state index in [-0.39, 0.29) is 5.69 Å². The van der Waals surface area contributed by atoms with Crippen LogP contribution in [0, 0.1) is 22.0 Å². The number of anilines is 1.